The number of aromatic nitrogens is 1. The highest BCUT2D eigenvalue weighted by Gasteiger charge is 2.29. The number of amides is 1. The molecule has 114 valence electrons. The van der Waals surface area contributed by atoms with E-state index in [4.69, 9.17) is 4.42 Å². The van der Waals surface area contributed by atoms with Crippen LogP contribution >= 0.6 is 0 Å². The van der Waals surface area contributed by atoms with Gasteiger partial charge in [0.25, 0.3) is 5.91 Å². The van der Waals surface area contributed by atoms with Crippen molar-refractivity contribution in [2.75, 3.05) is 4.90 Å². The Kier molecular flexibility index (Phi) is 3.75. The predicted molar refractivity (Wildman–Crippen MR) is 76.2 cm³/mol. The zero-order valence-corrected chi connectivity index (χ0v) is 11.8. The second-order valence-corrected chi connectivity index (χ2v) is 5.16. The summed E-state index contributed by atoms with van der Waals surface area (Å²) in [5.74, 6) is -0.601. The quantitative estimate of drug-likeness (QED) is 0.794. The van der Waals surface area contributed by atoms with Crippen molar-refractivity contribution in [1.29, 1.82) is 0 Å². The van der Waals surface area contributed by atoms with Gasteiger partial charge in [0.05, 0.1) is 18.4 Å². The van der Waals surface area contributed by atoms with Crippen LogP contribution in [0.25, 0.3) is 0 Å². The first-order valence-corrected chi connectivity index (χ1v) is 6.92. The summed E-state index contributed by atoms with van der Waals surface area (Å²) < 4.78 is 32.5. The van der Waals surface area contributed by atoms with Crippen LogP contribution in [-0.2, 0) is 11.3 Å². The van der Waals surface area contributed by atoms with Crippen molar-refractivity contribution >= 4 is 11.6 Å². The Bertz CT molecular complexity index is 723. The molecular weight excluding hydrogens is 290 g/mol. The fourth-order valence-corrected chi connectivity index (χ4v) is 2.16. The fourth-order valence-electron chi connectivity index (χ4n) is 2.16. The molecule has 0 atom stereocenters. The Balaban J connectivity index is 1.88. The molecule has 0 radical (unpaired) electrons. The van der Waals surface area contributed by atoms with E-state index in [1.165, 1.54) is 12.3 Å². The Morgan fingerprint density at radius 3 is 2.86 bits per heavy atom. The second kappa shape index (κ2) is 5.71. The largest absolute Gasteiger partial charge is 0.444 e. The molecule has 6 heteroatoms. The summed E-state index contributed by atoms with van der Waals surface area (Å²) in [4.78, 5) is 17.3. The number of oxazole rings is 1. The van der Waals surface area contributed by atoms with E-state index < -0.39 is 17.5 Å². The highest BCUT2D eigenvalue weighted by molar-refractivity contribution is 6.00. The van der Waals surface area contributed by atoms with Crippen molar-refractivity contribution in [3.05, 3.63) is 60.3 Å². The average molecular weight is 304 g/mol. The SMILES string of the molecule is C=CC(=O)N(Cc1cnc(C2CC2)o1)c1ccc(F)cc1F. The number of carbonyl (C=O) groups is 1. The van der Waals surface area contributed by atoms with Crippen LogP contribution in [-0.4, -0.2) is 10.9 Å². The number of halogens is 2. The molecule has 22 heavy (non-hydrogen) atoms. The summed E-state index contributed by atoms with van der Waals surface area (Å²) in [5, 5.41) is 0. The van der Waals surface area contributed by atoms with Gasteiger partial charge >= 0.3 is 0 Å². The zero-order chi connectivity index (χ0) is 15.7. The van der Waals surface area contributed by atoms with Gasteiger partial charge in [0.2, 0.25) is 0 Å². The van der Waals surface area contributed by atoms with Crippen molar-refractivity contribution in [2.45, 2.75) is 25.3 Å². The van der Waals surface area contributed by atoms with Crippen LogP contribution < -0.4 is 4.90 Å². The van der Waals surface area contributed by atoms with Crippen LogP contribution in [0, 0.1) is 11.6 Å². The van der Waals surface area contributed by atoms with Gasteiger partial charge in [-0.2, -0.15) is 0 Å². The van der Waals surface area contributed by atoms with E-state index in [2.05, 4.69) is 11.6 Å². The molecule has 1 aromatic heterocycles. The maximum atomic E-state index is 13.9. The number of carbonyl (C=O) groups excluding carboxylic acids is 1. The predicted octanol–water partition coefficient (Wildman–Crippen LogP) is 3.55. The van der Waals surface area contributed by atoms with Gasteiger partial charge in [0.15, 0.2) is 5.89 Å². The lowest BCUT2D eigenvalue weighted by Crippen LogP contribution is -2.29. The second-order valence-electron chi connectivity index (χ2n) is 5.16. The molecule has 3 rings (SSSR count). The third-order valence-corrected chi connectivity index (χ3v) is 3.45. The molecule has 1 fully saturated rings. The molecule has 4 nitrogen and oxygen atoms in total. The molecule has 1 saturated carbocycles. The monoisotopic (exact) mass is 304 g/mol. The third-order valence-electron chi connectivity index (χ3n) is 3.45. The van der Waals surface area contributed by atoms with Crippen LogP contribution in [0.2, 0.25) is 0 Å². The van der Waals surface area contributed by atoms with Crippen LogP contribution in [0.15, 0.2) is 41.5 Å². The van der Waals surface area contributed by atoms with E-state index in [0.717, 1.165) is 36.0 Å². The molecule has 1 aromatic carbocycles. The van der Waals surface area contributed by atoms with Gasteiger partial charge in [-0.1, -0.05) is 6.58 Å². The first-order chi connectivity index (χ1) is 10.6. The number of anilines is 1. The molecular formula is C16H14F2N2O2. The molecule has 0 unspecified atom stereocenters. The van der Waals surface area contributed by atoms with Crippen molar-refractivity contribution in [2.24, 2.45) is 0 Å². The molecule has 2 aromatic rings. The maximum absolute atomic E-state index is 13.9. The van der Waals surface area contributed by atoms with Crippen molar-refractivity contribution in [3.63, 3.8) is 0 Å². The first-order valence-electron chi connectivity index (χ1n) is 6.92. The van der Waals surface area contributed by atoms with Crippen LogP contribution in [0.1, 0.15) is 30.4 Å². The van der Waals surface area contributed by atoms with E-state index in [0.29, 0.717) is 17.6 Å². The summed E-state index contributed by atoms with van der Waals surface area (Å²) in [6.45, 7) is 3.41. The lowest BCUT2D eigenvalue weighted by Gasteiger charge is -2.20. The van der Waals surface area contributed by atoms with Crippen molar-refractivity contribution in [1.82, 2.24) is 4.98 Å². The minimum Gasteiger partial charge on any atom is -0.444 e. The van der Waals surface area contributed by atoms with Crippen molar-refractivity contribution in [3.8, 4) is 0 Å². The van der Waals surface area contributed by atoms with E-state index in [9.17, 15) is 13.6 Å². The Morgan fingerprint density at radius 1 is 1.45 bits per heavy atom. The van der Waals surface area contributed by atoms with Gasteiger partial charge in [-0.25, -0.2) is 13.8 Å². The summed E-state index contributed by atoms with van der Waals surface area (Å²) in [5.41, 5.74) is -0.0318. The highest BCUT2D eigenvalue weighted by Crippen LogP contribution is 2.39. The topological polar surface area (TPSA) is 46.3 Å². The molecule has 0 saturated heterocycles. The molecule has 0 spiro atoms. The zero-order valence-electron chi connectivity index (χ0n) is 11.8. The molecule has 0 bridgehead atoms. The van der Waals surface area contributed by atoms with E-state index in [-0.39, 0.29) is 12.2 Å². The molecule has 1 aliphatic rings. The first kappa shape index (κ1) is 14.4. The van der Waals surface area contributed by atoms with Crippen LogP contribution in [0.3, 0.4) is 0 Å². The number of rotatable bonds is 5. The summed E-state index contributed by atoms with van der Waals surface area (Å²) in [6.07, 6.45) is 4.68. The van der Waals surface area contributed by atoms with E-state index in [1.54, 1.807) is 0 Å². The van der Waals surface area contributed by atoms with Gasteiger partial charge in [-0.05, 0) is 31.1 Å². The number of hydrogen-bond donors (Lipinski definition) is 0. The summed E-state index contributed by atoms with van der Waals surface area (Å²) in [6, 6.07) is 3.04. The van der Waals surface area contributed by atoms with Gasteiger partial charge in [0, 0.05) is 12.0 Å². The third kappa shape index (κ3) is 2.90. The minimum absolute atomic E-state index is 0.00707. The average Bonchev–Trinajstić information content (AvgIpc) is 3.24. The van der Waals surface area contributed by atoms with Gasteiger partial charge in [-0.3, -0.25) is 9.69 Å². The normalized spacial score (nSPS) is 13.9. The lowest BCUT2D eigenvalue weighted by atomic mass is 10.2. The Morgan fingerprint density at radius 2 is 2.23 bits per heavy atom. The van der Waals surface area contributed by atoms with Gasteiger partial charge < -0.3 is 4.42 Å². The molecule has 1 aliphatic carbocycles. The molecule has 1 amide bonds. The van der Waals surface area contributed by atoms with Crippen LogP contribution in [0.5, 0.6) is 0 Å². The maximum Gasteiger partial charge on any atom is 0.250 e. The van der Waals surface area contributed by atoms with Crippen LogP contribution in [0.4, 0.5) is 14.5 Å². The summed E-state index contributed by atoms with van der Waals surface area (Å²) in [7, 11) is 0. The molecule has 0 aliphatic heterocycles. The number of hydrogen-bond acceptors (Lipinski definition) is 3. The molecule has 0 N–H and O–H groups in total. The highest BCUT2D eigenvalue weighted by atomic mass is 19.1. The standard InChI is InChI=1S/C16H14F2N2O2/c1-2-15(21)20(14-6-5-11(17)7-13(14)18)9-12-8-19-16(22-12)10-3-4-10/h2,5-8,10H,1,3-4,9H2. The lowest BCUT2D eigenvalue weighted by molar-refractivity contribution is -0.114. The number of nitrogens with zero attached hydrogens (tertiary/aromatic N) is 2. The Labute approximate surface area is 126 Å². The fraction of sp³-hybridized carbons (Fsp3) is 0.250. The summed E-state index contributed by atoms with van der Waals surface area (Å²) >= 11 is 0. The van der Waals surface area contributed by atoms with Crippen molar-refractivity contribution < 1.29 is 18.0 Å². The van der Waals surface area contributed by atoms with E-state index >= 15 is 0 Å². The van der Waals surface area contributed by atoms with Gasteiger partial charge in [0.1, 0.15) is 17.4 Å². The van der Waals surface area contributed by atoms with E-state index in [1.807, 2.05) is 0 Å². The van der Waals surface area contributed by atoms with Gasteiger partial charge in [-0.15, -0.1) is 0 Å². The Hall–Kier alpha value is -2.50. The smallest absolute Gasteiger partial charge is 0.250 e. The molecule has 1 heterocycles. The minimum atomic E-state index is -0.822. The number of benzene rings is 1.